The van der Waals surface area contributed by atoms with Gasteiger partial charge in [-0.15, -0.1) is 0 Å². The van der Waals surface area contributed by atoms with E-state index in [4.69, 9.17) is 0 Å². The molecule has 0 spiro atoms. The summed E-state index contributed by atoms with van der Waals surface area (Å²) in [5.41, 5.74) is 22.1. The average molecular weight is 1120 g/mol. The van der Waals surface area contributed by atoms with Gasteiger partial charge in [0, 0.05) is 10.8 Å². The lowest BCUT2D eigenvalue weighted by Gasteiger charge is -2.29. The van der Waals surface area contributed by atoms with E-state index in [-0.39, 0.29) is 189 Å². The van der Waals surface area contributed by atoms with Crippen LogP contribution in [0.5, 0.6) is 0 Å². The Morgan fingerprint density at radius 3 is 0.838 bits per heavy atom. The molecule has 8 rings (SSSR count). The summed E-state index contributed by atoms with van der Waals surface area (Å²) in [5.74, 6) is 0. The maximum Gasteiger partial charge on any atom is 0.0187 e. The molecule has 2 unspecified atom stereocenters. The second-order valence-corrected chi connectivity index (χ2v) is 17.5. The first-order valence-electron chi connectivity index (χ1n) is 21.6. The van der Waals surface area contributed by atoms with E-state index in [2.05, 4.69) is 175 Å². The van der Waals surface area contributed by atoms with Crippen LogP contribution in [-0.4, -0.2) is 0 Å². The van der Waals surface area contributed by atoms with Crippen molar-refractivity contribution in [2.24, 2.45) is 0 Å². The molecule has 0 fully saturated rings. The Labute approximate surface area is 514 Å². The van der Waals surface area contributed by atoms with Gasteiger partial charge in [-0.2, -0.15) is 0 Å². The Hall–Kier alpha value is -4.94. The first kappa shape index (κ1) is 122. The van der Waals surface area contributed by atoms with Crippen LogP contribution in [0.25, 0.3) is 56.7 Å². The zero-order valence-electron chi connectivity index (χ0n) is 34.8. The minimum atomic E-state index is -0.0422. The van der Waals surface area contributed by atoms with Crippen molar-refractivity contribution in [1.29, 1.82) is 0 Å². The van der Waals surface area contributed by atoms with E-state index < -0.39 is 0 Å². The highest BCUT2D eigenvalue weighted by Crippen LogP contribution is 2.55. The fraction of sp³-hybridized carbons (Fsp3) is 0.525. The summed E-state index contributed by atoms with van der Waals surface area (Å²) >= 11 is 0. The number of rotatable bonds is 14. The van der Waals surface area contributed by atoms with Gasteiger partial charge >= 0.3 is 0 Å². The van der Waals surface area contributed by atoms with E-state index in [9.17, 15) is 0 Å². The van der Waals surface area contributed by atoms with E-state index in [1.54, 1.807) is 0 Å². The summed E-state index contributed by atoms with van der Waals surface area (Å²) in [7, 11) is 0. The normalized spacial score (nSPS) is 12.5. The van der Waals surface area contributed by atoms with Gasteiger partial charge in [0.2, 0.25) is 0 Å². The molecular formula is C80H156. The van der Waals surface area contributed by atoms with Crippen molar-refractivity contribution in [2.75, 3.05) is 0 Å². The van der Waals surface area contributed by atoms with Gasteiger partial charge < -0.3 is 0 Å². The maximum absolute atomic E-state index is 2.57. The first-order chi connectivity index (χ1) is 27.2. The van der Waals surface area contributed by atoms with Gasteiger partial charge in [-0.1, -0.05) is 384 Å². The molecular weight excluding hydrogens is 961 g/mol. The molecule has 0 N–H and O–H groups in total. The average Bonchev–Trinajstić information content (AvgIpc) is 3.61. The van der Waals surface area contributed by atoms with E-state index in [0.29, 0.717) is 0 Å². The molecule has 80 heavy (non-hydrogen) atoms. The van der Waals surface area contributed by atoms with E-state index in [1.807, 2.05) is 0 Å². The number of aryl methyl sites for hydroxylation is 2. The maximum atomic E-state index is 2.57. The molecule has 0 aliphatic heterocycles. The Bertz CT molecular complexity index is 2370. The van der Waals surface area contributed by atoms with Gasteiger partial charge in [-0.25, -0.2) is 0 Å². The monoisotopic (exact) mass is 1120 g/mol. The van der Waals surface area contributed by atoms with Crippen LogP contribution in [0.2, 0.25) is 0 Å². The SMILES string of the molecule is C.C.C.C.C.C.C.C.C.C.C.C.C.C.C.C.C.C.C.C.C.C.C.C.CCCCCCC1(C)c2cc(C)ccc2-c2ccc(-c3ccc4c(c3)C(C)(CCCCCC)c3cc(-c5ccc(/C=C/c6ccc(C)cc6)cc5)ccc3-4)cc21. The largest absolute Gasteiger partial charge is 0.0776 e. The molecule has 0 heterocycles. The molecule has 6 aromatic rings. The van der Waals surface area contributed by atoms with Crippen molar-refractivity contribution in [3.63, 3.8) is 0 Å². The van der Waals surface area contributed by atoms with E-state index >= 15 is 0 Å². The van der Waals surface area contributed by atoms with Gasteiger partial charge in [0.05, 0.1) is 0 Å². The van der Waals surface area contributed by atoms with E-state index in [0.717, 1.165) is 6.42 Å². The van der Waals surface area contributed by atoms with Gasteiger partial charge in [0.1, 0.15) is 0 Å². The predicted molar refractivity (Wildman–Crippen MR) is 405 cm³/mol. The van der Waals surface area contributed by atoms with E-state index in [1.165, 1.54) is 147 Å². The summed E-state index contributed by atoms with van der Waals surface area (Å²) in [6.07, 6.45) is 17.0. The molecule has 2 atom stereocenters. The summed E-state index contributed by atoms with van der Waals surface area (Å²) in [4.78, 5) is 0. The third-order valence-corrected chi connectivity index (χ3v) is 13.4. The Morgan fingerprint density at radius 2 is 0.525 bits per heavy atom. The summed E-state index contributed by atoms with van der Waals surface area (Å²) in [6.45, 7) is 14.1. The highest BCUT2D eigenvalue weighted by Gasteiger charge is 2.41. The third kappa shape index (κ3) is 23.9. The fourth-order valence-corrected chi connectivity index (χ4v) is 9.89. The number of unbranched alkanes of at least 4 members (excludes halogenated alkanes) is 6. The minimum Gasteiger partial charge on any atom is -0.0776 e. The molecule has 0 nitrogen and oxygen atoms in total. The van der Waals surface area contributed by atoms with Crippen molar-refractivity contribution in [1.82, 2.24) is 0 Å². The van der Waals surface area contributed by atoms with Crippen LogP contribution in [0, 0.1) is 13.8 Å². The van der Waals surface area contributed by atoms with Crippen LogP contribution < -0.4 is 0 Å². The smallest absolute Gasteiger partial charge is 0.0187 e. The molecule has 0 aromatic heterocycles. The van der Waals surface area contributed by atoms with Crippen LogP contribution in [0.1, 0.15) is 315 Å². The molecule has 6 aromatic carbocycles. The molecule has 0 heteroatoms. The molecule has 0 bridgehead atoms. The summed E-state index contributed by atoms with van der Waals surface area (Å²) in [6, 6.07) is 47.0. The fourth-order valence-electron chi connectivity index (χ4n) is 9.89. The van der Waals surface area contributed by atoms with Crippen molar-refractivity contribution in [3.05, 3.63) is 166 Å². The standard InChI is InChI=1S/C56H60.24CH4/c1-7-9-11-13-33-55(5)51-35-40(4)17-29-47(51)48-31-27-45(37-53(48)55)46-28-32-50-49-30-26-44(36-52(49)56(6,54(50)38-46)34-14-12-10-8-2)43-24-22-42(23-25-43)21-20-41-18-15-39(3)16-19-41;;;;;;;;;;;;;;;;;;;;;;;;/h15-32,35-38H,7-14,33-34H2,1-6H3;24*1H4/b21-20+;;;;;;;;;;;;;;;;;;;;;;;;. The van der Waals surface area contributed by atoms with Gasteiger partial charge in [0.15, 0.2) is 0 Å². The zero-order chi connectivity index (χ0) is 38.9. The van der Waals surface area contributed by atoms with Gasteiger partial charge in [0.25, 0.3) is 0 Å². The quantitative estimate of drug-likeness (QED) is 0.0753. The number of hydrogen-bond donors (Lipinski definition) is 0. The highest BCUT2D eigenvalue weighted by atomic mass is 14.4. The van der Waals surface area contributed by atoms with Crippen molar-refractivity contribution in [3.8, 4) is 44.5 Å². The second kappa shape index (κ2) is 52.2. The van der Waals surface area contributed by atoms with Crippen LogP contribution in [0.3, 0.4) is 0 Å². The number of fused-ring (bicyclic) bond motifs is 6. The Morgan fingerprint density at radius 1 is 0.275 bits per heavy atom. The molecule has 476 valence electrons. The van der Waals surface area contributed by atoms with Crippen LogP contribution in [0.4, 0.5) is 0 Å². The number of benzene rings is 6. The van der Waals surface area contributed by atoms with Crippen LogP contribution >= 0.6 is 0 Å². The molecule has 2 aliphatic carbocycles. The van der Waals surface area contributed by atoms with Crippen LogP contribution in [0.15, 0.2) is 121 Å². The van der Waals surface area contributed by atoms with Crippen molar-refractivity contribution < 1.29 is 0 Å². The van der Waals surface area contributed by atoms with Gasteiger partial charge in [-0.3, -0.25) is 0 Å². The van der Waals surface area contributed by atoms with Crippen LogP contribution in [-0.2, 0) is 10.8 Å². The van der Waals surface area contributed by atoms with Gasteiger partial charge in [-0.05, 0) is 123 Å². The molecule has 0 saturated carbocycles. The molecule has 2 aliphatic rings. The lowest BCUT2D eigenvalue weighted by Crippen LogP contribution is -2.21. The Balaban J connectivity index is -0.000000110. The predicted octanol–water partition coefficient (Wildman–Crippen LogP) is 31.6. The topological polar surface area (TPSA) is 0 Å². The molecule has 0 saturated heterocycles. The third-order valence-electron chi connectivity index (χ3n) is 13.4. The summed E-state index contributed by atoms with van der Waals surface area (Å²) in [5, 5.41) is 0. The molecule has 0 amide bonds. The minimum absolute atomic E-state index is 0. The summed E-state index contributed by atoms with van der Waals surface area (Å²) < 4.78 is 0. The lowest BCUT2D eigenvalue weighted by atomic mass is 9.74. The lowest BCUT2D eigenvalue weighted by molar-refractivity contribution is 0.486. The first-order valence-corrected chi connectivity index (χ1v) is 21.6. The Kier molecular flexibility index (Phi) is 79.6. The van der Waals surface area contributed by atoms with Crippen molar-refractivity contribution in [2.45, 2.75) is 295 Å². The second-order valence-electron chi connectivity index (χ2n) is 17.5. The molecule has 0 radical (unpaired) electrons. The van der Waals surface area contributed by atoms with Crippen molar-refractivity contribution >= 4 is 12.2 Å². The zero-order valence-corrected chi connectivity index (χ0v) is 34.8. The number of hydrogen-bond acceptors (Lipinski definition) is 0. The highest BCUT2D eigenvalue weighted by molar-refractivity contribution is 5.88.